The lowest BCUT2D eigenvalue weighted by molar-refractivity contribution is -0.139. The van der Waals surface area contributed by atoms with Crippen LogP contribution in [-0.2, 0) is 9.53 Å². The fourth-order valence-corrected chi connectivity index (χ4v) is 4.60. The molecule has 1 unspecified atom stereocenters. The predicted molar refractivity (Wildman–Crippen MR) is 134 cm³/mol. The summed E-state index contributed by atoms with van der Waals surface area (Å²) in [5.74, 6) is -1.64. The molecule has 1 aliphatic heterocycles. The number of halogens is 2. The molecule has 2 amide bonds. The number of ether oxygens (including phenoxy) is 1. The number of esters is 1. The van der Waals surface area contributed by atoms with Crippen LogP contribution in [0.15, 0.2) is 55.0 Å². The molecule has 4 heterocycles. The van der Waals surface area contributed by atoms with Crippen LogP contribution in [-0.4, -0.2) is 44.8 Å². The molecule has 1 aliphatic rings. The molecule has 0 bridgehead atoms. The van der Waals surface area contributed by atoms with E-state index < -0.39 is 23.8 Å². The highest BCUT2D eigenvalue weighted by molar-refractivity contribution is 6.32. The molecule has 3 aromatic heterocycles. The van der Waals surface area contributed by atoms with Crippen LogP contribution in [0.5, 0.6) is 0 Å². The maximum Gasteiger partial charge on any atom is 0.328 e. The molecule has 5 rings (SSSR count). The molecule has 1 fully saturated rings. The summed E-state index contributed by atoms with van der Waals surface area (Å²) in [7, 11) is 0. The number of benzene rings is 1. The van der Waals surface area contributed by atoms with Gasteiger partial charge in [0, 0.05) is 29.4 Å². The Balaban J connectivity index is 1.56. The molecule has 0 radical (unpaired) electrons. The molecule has 1 saturated heterocycles. The Morgan fingerprint density at radius 3 is 2.72 bits per heavy atom. The van der Waals surface area contributed by atoms with E-state index >= 15 is 0 Å². The summed E-state index contributed by atoms with van der Waals surface area (Å²) in [5, 5.41) is 5.98. The van der Waals surface area contributed by atoms with Gasteiger partial charge in [-0.1, -0.05) is 23.2 Å². The molecule has 1 aromatic carbocycles. The molecular weight excluding hydrogens is 505 g/mol. The fourth-order valence-electron chi connectivity index (χ4n) is 4.12. The van der Waals surface area contributed by atoms with Crippen molar-refractivity contribution in [2.75, 3.05) is 11.9 Å². The first-order valence-electron chi connectivity index (χ1n) is 11.0. The van der Waals surface area contributed by atoms with Gasteiger partial charge in [0.2, 0.25) is 0 Å². The predicted octanol–water partition coefficient (Wildman–Crippen LogP) is 4.31. The van der Waals surface area contributed by atoms with E-state index in [0.717, 1.165) is 5.52 Å². The largest absolute Gasteiger partial charge is 0.464 e. The van der Waals surface area contributed by atoms with E-state index in [0.29, 0.717) is 28.3 Å². The molecule has 11 heteroatoms. The van der Waals surface area contributed by atoms with Crippen molar-refractivity contribution >= 4 is 52.2 Å². The van der Waals surface area contributed by atoms with Gasteiger partial charge in [0.15, 0.2) is 5.69 Å². The van der Waals surface area contributed by atoms with E-state index in [4.69, 9.17) is 27.9 Å². The standard InChI is InChI=1S/C25H19Cl2N5O4/c1-13-10-14(26)11-17(23(33)30-18-6-9-36-25(18)35)19(13)31-24(34)20-21(16-5-2-7-28-22(16)27)32-8-3-4-15(32)12-29-20/h2-5,7-8,10-12,18H,6,9H2,1H3,(H,30,33)(H,31,34). The zero-order valence-corrected chi connectivity index (χ0v) is 20.4. The lowest BCUT2D eigenvalue weighted by atomic mass is 10.1. The highest BCUT2D eigenvalue weighted by Crippen LogP contribution is 2.31. The third-order valence-corrected chi connectivity index (χ3v) is 6.34. The number of nitrogens with one attached hydrogen (secondary N) is 2. The maximum atomic E-state index is 13.6. The van der Waals surface area contributed by atoms with E-state index in [1.807, 2.05) is 12.1 Å². The van der Waals surface area contributed by atoms with Crippen molar-refractivity contribution in [3.8, 4) is 11.3 Å². The minimum absolute atomic E-state index is 0.0775. The molecule has 1 atom stereocenters. The van der Waals surface area contributed by atoms with Gasteiger partial charge in [-0.25, -0.2) is 14.8 Å². The Bertz CT molecular complexity index is 1530. The molecule has 182 valence electrons. The second-order valence-electron chi connectivity index (χ2n) is 8.18. The van der Waals surface area contributed by atoms with Gasteiger partial charge in [0.05, 0.1) is 35.3 Å². The minimum atomic E-state index is -0.766. The van der Waals surface area contributed by atoms with Crippen LogP contribution >= 0.6 is 23.2 Å². The normalized spacial score (nSPS) is 15.1. The highest BCUT2D eigenvalue weighted by atomic mass is 35.5. The molecule has 4 aromatic rings. The van der Waals surface area contributed by atoms with Crippen molar-refractivity contribution in [3.63, 3.8) is 0 Å². The zero-order chi connectivity index (χ0) is 25.4. The van der Waals surface area contributed by atoms with Crippen LogP contribution < -0.4 is 10.6 Å². The summed E-state index contributed by atoms with van der Waals surface area (Å²) in [4.78, 5) is 47.1. The number of nitrogens with zero attached hydrogens (tertiary/aromatic N) is 3. The molecule has 0 aliphatic carbocycles. The van der Waals surface area contributed by atoms with E-state index in [1.165, 1.54) is 6.07 Å². The maximum absolute atomic E-state index is 13.6. The topological polar surface area (TPSA) is 115 Å². The number of cyclic esters (lactones) is 1. The Hall–Kier alpha value is -3.95. The number of hydrogen-bond acceptors (Lipinski definition) is 6. The van der Waals surface area contributed by atoms with Crippen molar-refractivity contribution in [3.05, 3.63) is 82.0 Å². The van der Waals surface area contributed by atoms with Gasteiger partial charge >= 0.3 is 5.97 Å². The van der Waals surface area contributed by atoms with E-state index in [9.17, 15) is 14.4 Å². The average Bonchev–Trinajstić information content (AvgIpc) is 3.49. The number of rotatable bonds is 5. The monoisotopic (exact) mass is 523 g/mol. The number of fused-ring (bicyclic) bond motifs is 1. The van der Waals surface area contributed by atoms with Crippen molar-refractivity contribution < 1.29 is 19.1 Å². The van der Waals surface area contributed by atoms with E-state index in [-0.39, 0.29) is 28.7 Å². The van der Waals surface area contributed by atoms with Gasteiger partial charge in [-0.15, -0.1) is 0 Å². The first kappa shape index (κ1) is 23.8. The summed E-state index contributed by atoms with van der Waals surface area (Å²) >= 11 is 12.6. The number of carbonyl (C=O) groups is 3. The van der Waals surface area contributed by atoms with E-state index in [1.54, 1.807) is 48.1 Å². The zero-order valence-electron chi connectivity index (χ0n) is 18.9. The number of carbonyl (C=O) groups excluding carboxylic acids is 3. The van der Waals surface area contributed by atoms with Crippen LogP contribution in [0, 0.1) is 6.92 Å². The fraction of sp³-hybridized carbons (Fsp3) is 0.160. The number of pyridine rings is 1. The van der Waals surface area contributed by atoms with Gasteiger partial charge in [-0.3, -0.25) is 9.59 Å². The molecular formula is C25H19Cl2N5O4. The van der Waals surface area contributed by atoms with Crippen molar-refractivity contribution in [1.29, 1.82) is 0 Å². The smallest absolute Gasteiger partial charge is 0.328 e. The Labute approximate surface area is 215 Å². The van der Waals surface area contributed by atoms with E-state index in [2.05, 4.69) is 20.6 Å². The second-order valence-corrected chi connectivity index (χ2v) is 8.98. The first-order chi connectivity index (χ1) is 17.3. The first-order valence-corrected chi connectivity index (χ1v) is 11.7. The van der Waals surface area contributed by atoms with Gasteiger partial charge in [-0.2, -0.15) is 0 Å². The van der Waals surface area contributed by atoms with Crippen LogP contribution in [0.25, 0.3) is 16.8 Å². The van der Waals surface area contributed by atoms with Crippen LogP contribution in [0.1, 0.15) is 32.8 Å². The summed E-state index contributed by atoms with van der Waals surface area (Å²) in [6.45, 7) is 1.94. The summed E-state index contributed by atoms with van der Waals surface area (Å²) < 4.78 is 6.71. The average molecular weight is 524 g/mol. The number of anilines is 1. The lowest BCUT2D eigenvalue weighted by Crippen LogP contribution is -2.38. The quantitative estimate of drug-likeness (QED) is 0.297. The van der Waals surface area contributed by atoms with Gasteiger partial charge < -0.3 is 19.8 Å². The summed E-state index contributed by atoms with van der Waals surface area (Å²) in [6.07, 6.45) is 5.27. The third-order valence-electron chi connectivity index (χ3n) is 5.82. The molecule has 2 N–H and O–H groups in total. The molecule has 9 nitrogen and oxygen atoms in total. The van der Waals surface area contributed by atoms with Gasteiger partial charge in [-0.05, 0) is 48.9 Å². The second kappa shape index (κ2) is 9.60. The van der Waals surface area contributed by atoms with Crippen molar-refractivity contribution in [2.24, 2.45) is 0 Å². The Morgan fingerprint density at radius 2 is 1.97 bits per heavy atom. The highest BCUT2D eigenvalue weighted by Gasteiger charge is 2.30. The molecule has 0 spiro atoms. The van der Waals surface area contributed by atoms with Gasteiger partial charge in [0.1, 0.15) is 11.2 Å². The summed E-state index contributed by atoms with van der Waals surface area (Å²) in [6, 6.07) is 9.42. The summed E-state index contributed by atoms with van der Waals surface area (Å²) in [5.41, 5.74) is 2.70. The lowest BCUT2D eigenvalue weighted by Gasteiger charge is -2.17. The van der Waals surface area contributed by atoms with Crippen LogP contribution in [0.3, 0.4) is 0 Å². The van der Waals surface area contributed by atoms with Crippen molar-refractivity contribution in [2.45, 2.75) is 19.4 Å². The molecule has 0 saturated carbocycles. The third kappa shape index (κ3) is 4.38. The Kier molecular flexibility index (Phi) is 6.34. The SMILES string of the molecule is Cc1cc(Cl)cc(C(=O)NC2CCOC2=O)c1NC(=O)c1ncc2cccn2c1-c1cccnc1Cl. The minimum Gasteiger partial charge on any atom is -0.464 e. The van der Waals surface area contributed by atoms with Gasteiger partial charge in [0.25, 0.3) is 11.8 Å². The van der Waals surface area contributed by atoms with Crippen molar-refractivity contribution in [1.82, 2.24) is 19.7 Å². The number of aromatic nitrogens is 3. The van der Waals surface area contributed by atoms with Crippen LogP contribution in [0.2, 0.25) is 10.2 Å². The number of aryl methyl sites for hydroxylation is 1. The number of hydrogen-bond donors (Lipinski definition) is 2. The Morgan fingerprint density at radius 1 is 1.14 bits per heavy atom. The van der Waals surface area contributed by atoms with Crippen LogP contribution in [0.4, 0.5) is 5.69 Å². The number of amides is 2. The molecule has 36 heavy (non-hydrogen) atoms.